The van der Waals surface area contributed by atoms with Crippen molar-refractivity contribution in [3.05, 3.63) is 45.9 Å². The number of nitrogens with one attached hydrogen (secondary N) is 2. The van der Waals surface area contributed by atoms with E-state index in [1.54, 1.807) is 0 Å². The molecule has 0 spiro atoms. The predicted molar refractivity (Wildman–Crippen MR) is 99.6 cm³/mol. The van der Waals surface area contributed by atoms with Crippen LogP contribution in [0.15, 0.2) is 30.3 Å². The van der Waals surface area contributed by atoms with Crippen LogP contribution in [-0.2, 0) is 0 Å². The van der Waals surface area contributed by atoms with Gasteiger partial charge < -0.3 is 10.6 Å². The summed E-state index contributed by atoms with van der Waals surface area (Å²) >= 11 is 7.73. The standard InChI is InChI=1S/C17H19ClN4OS/c1-11-12-10-15(16(23)20-9-5-8-19-2)24-17(12)22(21-11)14-7-4-3-6-13(14)18/h3-4,6-7,10,19H,5,8-9H2,1-2H3,(H,20,23). The molecule has 2 aromatic heterocycles. The number of benzene rings is 1. The molecular weight excluding hydrogens is 344 g/mol. The van der Waals surface area contributed by atoms with Crippen molar-refractivity contribution in [1.29, 1.82) is 0 Å². The van der Waals surface area contributed by atoms with E-state index >= 15 is 0 Å². The molecule has 1 aromatic carbocycles. The average molecular weight is 363 g/mol. The Balaban J connectivity index is 1.90. The van der Waals surface area contributed by atoms with Crippen LogP contribution >= 0.6 is 22.9 Å². The topological polar surface area (TPSA) is 58.9 Å². The first-order valence-corrected chi connectivity index (χ1v) is 8.98. The van der Waals surface area contributed by atoms with Crippen LogP contribution in [0.1, 0.15) is 21.8 Å². The Morgan fingerprint density at radius 1 is 1.33 bits per heavy atom. The van der Waals surface area contributed by atoms with Crippen LogP contribution < -0.4 is 10.6 Å². The third-order valence-corrected chi connectivity index (χ3v) is 5.17. The molecule has 126 valence electrons. The number of fused-ring (bicyclic) bond motifs is 1. The molecule has 2 heterocycles. The number of nitrogens with zero attached hydrogens (tertiary/aromatic N) is 2. The first kappa shape index (κ1) is 17.0. The van der Waals surface area contributed by atoms with E-state index in [1.807, 2.05) is 49.0 Å². The second kappa shape index (κ2) is 7.34. The highest BCUT2D eigenvalue weighted by Crippen LogP contribution is 2.32. The molecule has 3 aromatic rings. The van der Waals surface area contributed by atoms with E-state index in [2.05, 4.69) is 15.7 Å². The molecule has 0 saturated carbocycles. The fourth-order valence-corrected chi connectivity index (χ4v) is 3.81. The summed E-state index contributed by atoms with van der Waals surface area (Å²) in [6, 6.07) is 9.47. The molecule has 0 unspecified atom stereocenters. The molecule has 0 aliphatic heterocycles. The zero-order valence-corrected chi connectivity index (χ0v) is 15.2. The Morgan fingerprint density at radius 2 is 2.12 bits per heavy atom. The van der Waals surface area contributed by atoms with Gasteiger partial charge in [-0.25, -0.2) is 4.68 Å². The van der Waals surface area contributed by atoms with Crippen LogP contribution in [0, 0.1) is 6.92 Å². The van der Waals surface area contributed by atoms with Crippen molar-refractivity contribution >= 4 is 39.1 Å². The van der Waals surface area contributed by atoms with Crippen LogP contribution in [0.3, 0.4) is 0 Å². The first-order valence-electron chi connectivity index (χ1n) is 7.78. The maximum Gasteiger partial charge on any atom is 0.261 e. The number of aryl methyl sites for hydroxylation is 1. The summed E-state index contributed by atoms with van der Waals surface area (Å²) in [4.78, 5) is 13.9. The molecule has 0 fully saturated rings. The number of hydrogen-bond donors (Lipinski definition) is 2. The van der Waals surface area contributed by atoms with Gasteiger partial charge >= 0.3 is 0 Å². The molecular formula is C17H19ClN4OS. The van der Waals surface area contributed by atoms with Crippen LogP contribution in [0.5, 0.6) is 0 Å². The highest BCUT2D eigenvalue weighted by Gasteiger charge is 2.17. The van der Waals surface area contributed by atoms with E-state index in [-0.39, 0.29) is 5.91 Å². The van der Waals surface area contributed by atoms with Gasteiger partial charge in [0.15, 0.2) is 0 Å². The Hall–Kier alpha value is -1.89. The molecule has 2 N–H and O–H groups in total. The summed E-state index contributed by atoms with van der Waals surface area (Å²) in [6.07, 6.45) is 0.902. The Morgan fingerprint density at radius 3 is 2.88 bits per heavy atom. The lowest BCUT2D eigenvalue weighted by Gasteiger charge is -2.04. The molecule has 0 bridgehead atoms. The van der Waals surface area contributed by atoms with Gasteiger partial charge in [0.2, 0.25) is 0 Å². The van der Waals surface area contributed by atoms with Gasteiger partial charge in [0.1, 0.15) is 4.83 Å². The number of thiophene rings is 1. The first-order chi connectivity index (χ1) is 11.6. The monoisotopic (exact) mass is 362 g/mol. The second-order valence-corrected chi connectivity index (χ2v) is 6.93. The van der Waals surface area contributed by atoms with E-state index in [4.69, 9.17) is 11.6 Å². The summed E-state index contributed by atoms with van der Waals surface area (Å²) in [5.74, 6) is -0.0441. The smallest absolute Gasteiger partial charge is 0.261 e. The van der Waals surface area contributed by atoms with E-state index in [9.17, 15) is 4.79 Å². The van der Waals surface area contributed by atoms with Crippen LogP contribution in [-0.4, -0.2) is 35.8 Å². The fourth-order valence-electron chi connectivity index (χ4n) is 2.50. The van der Waals surface area contributed by atoms with Crippen LogP contribution in [0.25, 0.3) is 15.9 Å². The Bertz CT molecular complexity index is 871. The number of amides is 1. The normalized spacial score (nSPS) is 11.1. The van der Waals surface area contributed by atoms with Crippen LogP contribution in [0.4, 0.5) is 0 Å². The van der Waals surface area contributed by atoms with E-state index in [0.717, 1.165) is 34.6 Å². The highest BCUT2D eigenvalue weighted by molar-refractivity contribution is 7.20. The van der Waals surface area contributed by atoms with Crippen molar-refractivity contribution < 1.29 is 4.79 Å². The summed E-state index contributed by atoms with van der Waals surface area (Å²) in [5, 5.41) is 12.2. The molecule has 24 heavy (non-hydrogen) atoms. The number of carbonyl (C=O) groups is 1. The van der Waals surface area contributed by atoms with Gasteiger partial charge in [-0.1, -0.05) is 23.7 Å². The molecule has 0 saturated heterocycles. The SMILES string of the molecule is CNCCCNC(=O)c1cc2c(C)nn(-c3ccccc3Cl)c2s1. The lowest BCUT2D eigenvalue weighted by atomic mass is 10.3. The van der Waals surface area contributed by atoms with Gasteiger partial charge in [0, 0.05) is 11.9 Å². The van der Waals surface area contributed by atoms with Gasteiger partial charge in [-0.3, -0.25) is 4.79 Å². The summed E-state index contributed by atoms with van der Waals surface area (Å²) in [6.45, 7) is 3.48. The zero-order chi connectivity index (χ0) is 17.1. The quantitative estimate of drug-likeness (QED) is 0.661. The molecule has 0 radical (unpaired) electrons. The maximum atomic E-state index is 12.3. The number of para-hydroxylation sites is 1. The van der Waals surface area contributed by atoms with Crippen molar-refractivity contribution in [3.63, 3.8) is 0 Å². The van der Waals surface area contributed by atoms with E-state index < -0.39 is 0 Å². The van der Waals surface area contributed by atoms with Crippen LogP contribution in [0.2, 0.25) is 5.02 Å². The minimum Gasteiger partial charge on any atom is -0.351 e. The summed E-state index contributed by atoms with van der Waals surface area (Å²) in [5.41, 5.74) is 1.70. The predicted octanol–water partition coefficient (Wildman–Crippen LogP) is 3.39. The maximum absolute atomic E-state index is 12.3. The van der Waals surface area contributed by atoms with E-state index in [0.29, 0.717) is 16.4 Å². The molecule has 0 aliphatic carbocycles. The average Bonchev–Trinajstić information content (AvgIpc) is 3.13. The summed E-state index contributed by atoms with van der Waals surface area (Å²) in [7, 11) is 1.90. The largest absolute Gasteiger partial charge is 0.351 e. The minimum absolute atomic E-state index is 0.0441. The molecule has 0 atom stereocenters. The third-order valence-electron chi connectivity index (χ3n) is 3.74. The second-order valence-electron chi connectivity index (χ2n) is 5.49. The number of rotatable bonds is 6. The van der Waals surface area contributed by atoms with Crippen molar-refractivity contribution in [1.82, 2.24) is 20.4 Å². The Labute approximate surface area is 149 Å². The van der Waals surface area contributed by atoms with Gasteiger partial charge in [0.25, 0.3) is 5.91 Å². The summed E-state index contributed by atoms with van der Waals surface area (Å²) < 4.78 is 1.81. The van der Waals surface area contributed by atoms with Crippen molar-refractivity contribution in [2.45, 2.75) is 13.3 Å². The lowest BCUT2D eigenvalue weighted by molar-refractivity contribution is 0.0957. The van der Waals surface area contributed by atoms with Crippen molar-refractivity contribution in [2.24, 2.45) is 0 Å². The van der Waals surface area contributed by atoms with Gasteiger partial charge in [-0.05, 0) is 45.1 Å². The number of halogens is 1. The van der Waals surface area contributed by atoms with Gasteiger partial charge in [0.05, 0.1) is 21.3 Å². The Kier molecular flexibility index (Phi) is 5.18. The number of aromatic nitrogens is 2. The molecule has 1 amide bonds. The van der Waals surface area contributed by atoms with Gasteiger partial charge in [-0.15, -0.1) is 11.3 Å². The van der Waals surface area contributed by atoms with E-state index in [1.165, 1.54) is 11.3 Å². The molecule has 7 heteroatoms. The molecule has 0 aliphatic rings. The lowest BCUT2D eigenvalue weighted by Crippen LogP contribution is -2.25. The van der Waals surface area contributed by atoms with Gasteiger partial charge in [-0.2, -0.15) is 5.10 Å². The van der Waals surface area contributed by atoms with Crippen molar-refractivity contribution in [2.75, 3.05) is 20.1 Å². The molecule has 3 rings (SSSR count). The van der Waals surface area contributed by atoms with Crippen molar-refractivity contribution in [3.8, 4) is 5.69 Å². The molecule has 5 nitrogen and oxygen atoms in total. The number of carbonyl (C=O) groups excluding carboxylic acids is 1. The fraction of sp³-hybridized carbons (Fsp3) is 0.294. The highest BCUT2D eigenvalue weighted by atomic mass is 35.5. The number of hydrogen-bond acceptors (Lipinski definition) is 4. The zero-order valence-electron chi connectivity index (χ0n) is 13.6. The third kappa shape index (κ3) is 3.31. The minimum atomic E-state index is -0.0441.